The molecule has 0 radical (unpaired) electrons. The van der Waals surface area contributed by atoms with Crippen molar-refractivity contribution in [1.82, 2.24) is 4.98 Å². The largest absolute Gasteiger partial charge is 0.358 e. The summed E-state index contributed by atoms with van der Waals surface area (Å²) in [4.78, 5) is 3.66. The second-order valence-corrected chi connectivity index (χ2v) is 6.07. The fourth-order valence-electron chi connectivity index (χ4n) is 3.81. The first kappa shape index (κ1) is 12.8. The molecule has 1 atom stereocenters. The number of para-hydroxylation sites is 1. The summed E-state index contributed by atoms with van der Waals surface area (Å²) in [5, 5.41) is 1.48. The second-order valence-electron chi connectivity index (χ2n) is 6.07. The van der Waals surface area contributed by atoms with Gasteiger partial charge in [-0.1, -0.05) is 44.9 Å². The lowest BCUT2D eigenvalue weighted by atomic mass is 9.78. The minimum Gasteiger partial charge on any atom is -0.358 e. The van der Waals surface area contributed by atoms with Gasteiger partial charge in [-0.2, -0.15) is 0 Å². The molecule has 2 aromatic rings. The van der Waals surface area contributed by atoms with Crippen molar-refractivity contribution in [2.24, 2.45) is 5.92 Å². The van der Waals surface area contributed by atoms with Gasteiger partial charge in [0.2, 0.25) is 0 Å². The van der Waals surface area contributed by atoms with E-state index >= 15 is 0 Å². The number of H-pyrrole nitrogens is 1. The first-order valence-electron chi connectivity index (χ1n) is 7.93. The average molecular weight is 255 g/mol. The molecule has 1 aliphatic carbocycles. The summed E-state index contributed by atoms with van der Waals surface area (Å²) >= 11 is 0. The zero-order valence-electron chi connectivity index (χ0n) is 12.2. The Morgan fingerprint density at radius 3 is 2.79 bits per heavy atom. The van der Waals surface area contributed by atoms with Crippen molar-refractivity contribution < 1.29 is 0 Å². The molecule has 0 spiro atoms. The highest BCUT2D eigenvalue weighted by Crippen LogP contribution is 2.41. The Labute approximate surface area is 116 Å². The maximum absolute atomic E-state index is 3.66. The molecule has 0 amide bonds. The van der Waals surface area contributed by atoms with Crippen LogP contribution in [-0.2, 0) is 6.42 Å². The summed E-state index contributed by atoms with van der Waals surface area (Å²) in [5.41, 5.74) is 4.50. The molecule has 0 fully saturated rings. The van der Waals surface area contributed by atoms with Gasteiger partial charge in [0.05, 0.1) is 0 Å². The number of nitrogens with one attached hydrogen (secondary N) is 1. The Hall–Kier alpha value is -1.24. The molecule has 1 aliphatic rings. The summed E-state index contributed by atoms with van der Waals surface area (Å²) < 4.78 is 0. The van der Waals surface area contributed by atoms with Crippen LogP contribution in [0.3, 0.4) is 0 Å². The number of benzene rings is 1. The van der Waals surface area contributed by atoms with E-state index in [-0.39, 0.29) is 0 Å². The lowest BCUT2D eigenvalue weighted by molar-refractivity contribution is 0.384. The van der Waals surface area contributed by atoms with Crippen molar-refractivity contribution in [3.8, 4) is 0 Å². The van der Waals surface area contributed by atoms with Crippen LogP contribution < -0.4 is 0 Å². The lowest BCUT2D eigenvalue weighted by Crippen LogP contribution is -2.12. The molecule has 1 heterocycles. The summed E-state index contributed by atoms with van der Waals surface area (Å²) in [6, 6.07) is 8.84. The minimum atomic E-state index is 0.782. The highest BCUT2D eigenvalue weighted by Gasteiger charge is 2.25. The Morgan fingerprint density at radius 1 is 1.21 bits per heavy atom. The third-order valence-electron chi connectivity index (χ3n) is 4.99. The standard InChI is InChI=1S/C18H25N/c1-3-13(4-2)12-14-8-7-11-17-18(14)15-9-5-6-10-16(15)19-17/h5-6,9-10,13-14,19H,3-4,7-8,11-12H2,1-2H3/t14-/m0/s1. The Kier molecular flexibility index (Phi) is 3.63. The van der Waals surface area contributed by atoms with E-state index in [1.54, 1.807) is 5.56 Å². The van der Waals surface area contributed by atoms with E-state index in [0.29, 0.717) is 0 Å². The maximum atomic E-state index is 3.66. The van der Waals surface area contributed by atoms with Gasteiger partial charge in [-0.3, -0.25) is 0 Å². The number of hydrogen-bond acceptors (Lipinski definition) is 0. The third kappa shape index (κ3) is 2.31. The molecule has 0 unspecified atom stereocenters. The average Bonchev–Trinajstić information content (AvgIpc) is 2.84. The van der Waals surface area contributed by atoms with Gasteiger partial charge >= 0.3 is 0 Å². The summed E-state index contributed by atoms with van der Waals surface area (Å²) in [5.74, 6) is 1.68. The van der Waals surface area contributed by atoms with Gasteiger partial charge in [0.25, 0.3) is 0 Å². The molecule has 0 bridgehead atoms. The maximum Gasteiger partial charge on any atom is 0.0459 e. The van der Waals surface area contributed by atoms with Gasteiger partial charge in [-0.15, -0.1) is 0 Å². The number of rotatable bonds is 4. The zero-order chi connectivity index (χ0) is 13.2. The van der Waals surface area contributed by atoms with Crippen LogP contribution in [0.5, 0.6) is 0 Å². The third-order valence-corrected chi connectivity index (χ3v) is 4.99. The molecule has 1 aromatic heterocycles. The molecule has 1 nitrogen and oxygen atoms in total. The van der Waals surface area contributed by atoms with Crippen molar-refractivity contribution in [3.05, 3.63) is 35.5 Å². The van der Waals surface area contributed by atoms with Crippen LogP contribution in [0, 0.1) is 5.92 Å². The summed E-state index contributed by atoms with van der Waals surface area (Å²) in [6.07, 6.45) is 8.00. The SMILES string of the molecule is CCC(CC)C[C@@H]1CCCc2[nH]c3ccccc3c21. The number of fused-ring (bicyclic) bond motifs is 3. The van der Waals surface area contributed by atoms with Crippen LogP contribution in [0.2, 0.25) is 0 Å². The Morgan fingerprint density at radius 2 is 2.00 bits per heavy atom. The van der Waals surface area contributed by atoms with Crippen molar-refractivity contribution in [2.75, 3.05) is 0 Å². The van der Waals surface area contributed by atoms with Crippen molar-refractivity contribution in [3.63, 3.8) is 0 Å². The van der Waals surface area contributed by atoms with E-state index in [4.69, 9.17) is 0 Å². The van der Waals surface area contributed by atoms with Gasteiger partial charge in [0, 0.05) is 16.6 Å². The zero-order valence-corrected chi connectivity index (χ0v) is 12.2. The van der Waals surface area contributed by atoms with Crippen molar-refractivity contribution in [2.45, 2.75) is 58.3 Å². The summed E-state index contributed by atoms with van der Waals surface area (Å²) in [7, 11) is 0. The molecule has 1 aromatic carbocycles. The molecule has 0 saturated carbocycles. The molecule has 102 valence electrons. The molecular weight excluding hydrogens is 230 g/mol. The number of aryl methyl sites for hydroxylation is 1. The monoisotopic (exact) mass is 255 g/mol. The molecular formula is C18H25N. The van der Waals surface area contributed by atoms with Crippen LogP contribution in [0.1, 0.15) is 63.1 Å². The highest BCUT2D eigenvalue weighted by molar-refractivity contribution is 5.85. The van der Waals surface area contributed by atoms with Crippen molar-refractivity contribution >= 4 is 10.9 Å². The Balaban J connectivity index is 1.98. The Bertz CT molecular complexity index is 548. The van der Waals surface area contributed by atoms with Crippen LogP contribution in [0.25, 0.3) is 10.9 Å². The molecule has 1 N–H and O–H groups in total. The van der Waals surface area contributed by atoms with Crippen LogP contribution in [0.15, 0.2) is 24.3 Å². The first-order chi connectivity index (χ1) is 9.33. The first-order valence-corrected chi connectivity index (χ1v) is 7.93. The highest BCUT2D eigenvalue weighted by atomic mass is 14.7. The smallest absolute Gasteiger partial charge is 0.0459 e. The molecule has 3 rings (SSSR count). The number of hydrogen-bond donors (Lipinski definition) is 1. The van der Waals surface area contributed by atoms with Gasteiger partial charge in [-0.25, -0.2) is 0 Å². The van der Waals surface area contributed by atoms with E-state index in [2.05, 4.69) is 43.1 Å². The fraction of sp³-hybridized carbons (Fsp3) is 0.556. The van der Waals surface area contributed by atoms with Crippen LogP contribution in [-0.4, -0.2) is 4.98 Å². The number of aromatic amines is 1. The molecule has 19 heavy (non-hydrogen) atoms. The predicted molar refractivity (Wildman–Crippen MR) is 82.7 cm³/mol. The topological polar surface area (TPSA) is 15.8 Å². The van der Waals surface area contributed by atoms with Gasteiger partial charge in [0.1, 0.15) is 0 Å². The van der Waals surface area contributed by atoms with Gasteiger partial charge in [0.15, 0.2) is 0 Å². The van der Waals surface area contributed by atoms with Gasteiger partial charge < -0.3 is 4.98 Å². The fourth-order valence-corrected chi connectivity index (χ4v) is 3.81. The van der Waals surface area contributed by atoms with E-state index in [0.717, 1.165) is 11.8 Å². The second kappa shape index (κ2) is 5.40. The lowest BCUT2D eigenvalue weighted by Gasteiger charge is -2.26. The predicted octanol–water partition coefficient (Wildman–Crippen LogP) is 5.41. The number of aromatic nitrogens is 1. The van der Waals surface area contributed by atoms with E-state index < -0.39 is 0 Å². The van der Waals surface area contributed by atoms with E-state index in [9.17, 15) is 0 Å². The quantitative estimate of drug-likeness (QED) is 0.751. The van der Waals surface area contributed by atoms with E-state index in [1.165, 1.54) is 55.1 Å². The van der Waals surface area contributed by atoms with Crippen LogP contribution in [0.4, 0.5) is 0 Å². The normalized spacial score (nSPS) is 19.0. The van der Waals surface area contributed by atoms with E-state index in [1.807, 2.05) is 0 Å². The van der Waals surface area contributed by atoms with Crippen LogP contribution >= 0.6 is 0 Å². The molecule has 1 heteroatoms. The molecule has 0 aliphatic heterocycles. The minimum absolute atomic E-state index is 0.782. The van der Waals surface area contributed by atoms with Gasteiger partial charge in [-0.05, 0) is 49.1 Å². The molecule has 0 saturated heterocycles. The summed E-state index contributed by atoms with van der Waals surface area (Å²) in [6.45, 7) is 4.68. The van der Waals surface area contributed by atoms with Crippen molar-refractivity contribution in [1.29, 1.82) is 0 Å².